The molecule has 1 fully saturated rings. The summed E-state index contributed by atoms with van der Waals surface area (Å²) >= 11 is 0. The molecule has 16 heavy (non-hydrogen) atoms. The summed E-state index contributed by atoms with van der Waals surface area (Å²) in [5.41, 5.74) is 0.483. The normalized spacial score (nSPS) is 16.1. The molecular weight excluding hydrogens is 212 g/mol. The van der Waals surface area contributed by atoms with Crippen LogP contribution in [0.25, 0.3) is 0 Å². The molecule has 1 aromatic rings. The smallest absolute Gasteiger partial charge is 0.312 e. The van der Waals surface area contributed by atoms with Gasteiger partial charge < -0.3 is 14.7 Å². The van der Waals surface area contributed by atoms with Crippen molar-refractivity contribution in [3.63, 3.8) is 0 Å². The van der Waals surface area contributed by atoms with Crippen LogP contribution < -0.4 is 4.90 Å². The van der Waals surface area contributed by atoms with Crippen molar-refractivity contribution in [3.05, 3.63) is 28.3 Å². The summed E-state index contributed by atoms with van der Waals surface area (Å²) in [6.45, 7) is 2.66. The van der Waals surface area contributed by atoms with Crippen LogP contribution >= 0.6 is 0 Å². The van der Waals surface area contributed by atoms with Crippen LogP contribution in [-0.4, -0.2) is 36.3 Å². The van der Waals surface area contributed by atoms with Gasteiger partial charge in [-0.3, -0.25) is 10.1 Å². The lowest BCUT2D eigenvalue weighted by Gasteiger charge is -2.28. The maximum absolute atomic E-state index is 10.7. The van der Waals surface area contributed by atoms with Gasteiger partial charge in [-0.25, -0.2) is 0 Å². The molecule has 0 spiro atoms. The summed E-state index contributed by atoms with van der Waals surface area (Å²) < 4.78 is 5.20. The predicted octanol–water partition coefficient (Wildman–Crippen LogP) is 1.14. The Morgan fingerprint density at radius 3 is 2.69 bits per heavy atom. The number of aromatic hydroxyl groups is 1. The number of phenols is 1. The Kier molecular flexibility index (Phi) is 2.91. The Hall–Kier alpha value is -1.82. The van der Waals surface area contributed by atoms with Crippen LogP contribution in [-0.2, 0) is 4.74 Å². The SMILES string of the molecule is O=[N+]([O-])c1cc(N2CCOCC2)ccc1O. The Morgan fingerprint density at radius 2 is 2.06 bits per heavy atom. The van der Waals surface area contributed by atoms with E-state index >= 15 is 0 Å². The third-order valence-corrected chi connectivity index (χ3v) is 2.53. The molecule has 0 amide bonds. The van der Waals surface area contributed by atoms with Crippen molar-refractivity contribution in [2.24, 2.45) is 0 Å². The molecular formula is C10H12N2O4. The van der Waals surface area contributed by atoms with Crippen LogP contribution in [0.4, 0.5) is 11.4 Å². The molecule has 0 saturated carbocycles. The molecule has 0 radical (unpaired) electrons. The topological polar surface area (TPSA) is 75.8 Å². The molecule has 1 aromatic carbocycles. The fourth-order valence-electron chi connectivity index (χ4n) is 1.68. The van der Waals surface area contributed by atoms with E-state index in [1.54, 1.807) is 6.07 Å². The first-order chi connectivity index (χ1) is 7.68. The number of rotatable bonds is 2. The van der Waals surface area contributed by atoms with Crippen molar-refractivity contribution in [3.8, 4) is 5.75 Å². The fraction of sp³-hybridized carbons (Fsp3) is 0.400. The highest BCUT2D eigenvalue weighted by molar-refractivity contribution is 5.59. The van der Waals surface area contributed by atoms with E-state index in [9.17, 15) is 15.2 Å². The van der Waals surface area contributed by atoms with Gasteiger partial charge in [0, 0.05) is 24.8 Å². The Balaban J connectivity index is 2.27. The van der Waals surface area contributed by atoms with Crippen molar-refractivity contribution < 1.29 is 14.8 Å². The van der Waals surface area contributed by atoms with Crippen LogP contribution in [0.2, 0.25) is 0 Å². The van der Waals surface area contributed by atoms with Crippen molar-refractivity contribution in [1.82, 2.24) is 0 Å². The van der Waals surface area contributed by atoms with Gasteiger partial charge in [0.25, 0.3) is 0 Å². The number of nitro benzene ring substituents is 1. The number of nitrogens with zero attached hydrogens (tertiary/aromatic N) is 2. The molecule has 1 N–H and O–H groups in total. The number of ether oxygens (including phenoxy) is 1. The molecule has 1 aliphatic heterocycles. The Morgan fingerprint density at radius 1 is 1.38 bits per heavy atom. The second-order valence-electron chi connectivity index (χ2n) is 3.53. The number of nitro groups is 1. The van der Waals surface area contributed by atoms with E-state index in [1.807, 2.05) is 4.90 Å². The highest BCUT2D eigenvalue weighted by Gasteiger charge is 2.17. The zero-order valence-corrected chi connectivity index (χ0v) is 8.63. The first kappa shape index (κ1) is 10.7. The highest BCUT2D eigenvalue weighted by atomic mass is 16.6. The van der Waals surface area contributed by atoms with Gasteiger partial charge in [-0.15, -0.1) is 0 Å². The minimum Gasteiger partial charge on any atom is -0.502 e. The van der Waals surface area contributed by atoms with Crippen molar-refractivity contribution in [2.45, 2.75) is 0 Å². The lowest BCUT2D eigenvalue weighted by molar-refractivity contribution is -0.385. The number of hydrogen-bond acceptors (Lipinski definition) is 5. The van der Waals surface area contributed by atoms with Crippen molar-refractivity contribution >= 4 is 11.4 Å². The molecule has 6 nitrogen and oxygen atoms in total. The second-order valence-corrected chi connectivity index (χ2v) is 3.53. The number of morpholine rings is 1. The molecule has 0 bridgehead atoms. The van der Waals surface area contributed by atoms with Crippen LogP contribution in [0, 0.1) is 10.1 Å². The molecule has 0 aliphatic carbocycles. The van der Waals surface area contributed by atoms with Gasteiger partial charge in [-0.2, -0.15) is 0 Å². The molecule has 2 rings (SSSR count). The average molecular weight is 224 g/mol. The molecule has 86 valence electrons. The summed E-state index contributed by atoms with van der Waals surface area (Å²) in [7, 11) is 0. The molecule has 1 saturated heterocycles. The van der Waals surface area contributed by atoms with E-state index in [1.165, 1.54) is 12.1 Å². The Labute approximate surface area is 92.2 Å². The van der Waals surface area contributed by atoms with Crippen LogP contribution in [0.5, 0.6) is 5.75 Å². The second kappa shape index (κ2) is 4.36. The third-order valence-electron chi connectivity index (χ3n) is 2.53. The van der Waals surface area contributed by atoms with Gasteiger partial charge in [0.05, 0.1) is 18.1 Å². The minimum atomic E-state index is -0.584. The van der Waals surface area contributed by atoms with Crippen LogP contribution in [0.3, 0.4) is 0 Å². The average Bonchev–Trinajstić information content (AvgIpc) is 2.30. The van der Waals surface area contributed by atoms with E-state index in [2.05, 4.69) is 0 Å². The zero-order chi connectivity index (χ0) is 11.5. The van der Waals surface area contributed by atoms with Gasteiger partial charge in [-0.1, -0.05) is 0 Å². The highest BCUT2D eigenvalue weighted by Crippen LogP contribution is 2.30. The van der Waals surface area contributed by atoms with Crippen LogP contribution in [0.15, 0.2) is 18.2 Å². The van der Waals surface area contributed by atoms with E-state index in [4.69, 9.17) is 4.74 Å². The summed E-state index contributed by atoms with van der Waals surface area (Å²) in [6, 6.07) is 4.41. The third kappa shape index (κ3) is 2.06. The maximum atomic E-state index is 10.7. The lowest BCUT2D eigenvalue weighted by atomic mass is 10.2. The zero-order valence-electron chi connectivity index (χ0n) is 8.63. The maximum Gasteiger partial charge on any atom is 0.312 e. The Bertz CT molecular complexity index is 402. The van der Waals surface area contributed by atoms with Gasteiger partial charge in [0.2, 0.25) is 0 Å². The fourth-order valence-corrected chi connectivity index (χ4v) is 1.68. The van der Waals surface area contributed by atoms with E-state index in [0.29, 0.717) is 26.3 Å². The van der Waals surface area contributed by atoms with Gasteiger partial charge in [-0.05, 0) is 12.1 Å². The minimum absolute atomic E-state index is 0.260. The molecule has 0 atom stereocenters. The largest absolute Gasteiger partial charge is 0.502 e. The van der Waals surface area contributed by atoms with Gasteiger partial charge in [0.1, 0.15) is 0 Å². The number of anilines is 1. The predicted molar refractivity (Wildman–Crippen MR) is 57.8 cm³/mol. The lowest BCUT2D eigenvalue weighted by Crippen LogP contribution is -2.36. The van der Waals surface area contributed by atoms with E-state index in [-0.39, 0.29) is 11.4 Å². The quantitative estimate of drug-likeness (QED) is 0.602. The van der Waals surface area contributed by atoms with E-state index in [0.717, 1.165) is 5.69 Å². The first-order valence-electron chi connectivity index (χ1n) is 4.98. The van der Waals surface area contributed by atoms with Crippen LogP contribution in [0.1, 0.15) is 0 Å². The molecule has 0 unspecified atom stereocenters. The summed E-state index contributed by atoms with van der Waals surface area (Å²) in [4.78, 5) is 12.1. The summed E-state index contributed by atoms with van der Waals surface area (Å²) in [5.74, 6) is -0.304. The molecule has 1 heterocycles. The molecule has 0 aromatic heterocycles. The number of benzene rings is 1. The first-order valence-corrected chi connectivity index (χ1v) is 4.98. The molecule has 1 aliphatic rings. The molecule has 6 heteroatoms. The van der Waals surface area contributed by atoms with E-state index < -0.39 is 4.92 Å². The summed E-state index contributed by atoms with van der Waals surface area (Å²) in [6.07, 6.45) is 0. The van der Waals surface area contributed by atoms with Gasteiger partial charge in [0.15, 0.2) is 5.75 Å². The standard InChI is InChI=1S/C10H12N2O4/c13-10-2-1-8(7-9(10)12(14)15)11-3-5-16-6-4-11/h1-2,7,13H,3-6H2. The number of phenolic OH excluding ortho intramolecular Hbond substituents is 1. The van der Waals surface area contributed by atoms with Crippen molar-refractivity contribution in [1.29, 1.82) is 0 Å². The van der Waals surface area contributed by atoms with Gasteiger partial charge >= 0.3 is 5.69 Å². The van der Waals surface area contributed by atoms with Crippen molar-refractivity contribution in [2.75, 3.05) is 31.2 Å². The summed E-state index contributed by atoms with van der Waals surface area (Å²) in [5, 5.41) is 20.0. The monoisotopic (exact) mass is 224 g/mol. The number of hydrogen-bond donors (Lipinski definition) is 1.